The van der Waals surface area contributed by atoms with Gasteiger partial charge in [0.2, 0.25) is 0 Å². The smallest absolute Gasteiger partial charge is 0.0136 e. The number of allylic oxidation sites excluding steroid dienone is 2. The molecule has 1 aliphatic carbocycles. The Morgan fingerprint density at radius 2 is 1.85 bits per heavy atom. The van der Waals surface area contributed by atoms with E-state index < -0.39 is 0 Å². The van der Waals surface area contributed by atoms with Crippen molar-refractivity contribution in [3.05, 3.63) is 91.9 Å². The van der Waals surface area contributed by atoms with E-state index in [4.69, 9.17) is 0 Å². The van der Waals surface area contributed by atoms with Crippen LogP contribution in [-0.4, -0.2) is 0 Å². The second-order valence-corrected chi connectivity index (χ2v) is 7.99. The van der Waals surface area contributed by atoms with Crippen LogP contribution < -0.4 is 10.4 Å². The van der Waals surface area contributed by atoms with E-state index in [2.05, 4.69) is 109 Å². The zero-order chi connectivity index (χ0) is 18.1. The van der Waals surface area contributed by atoms with Crippen molar-refractivity contribution in [2.75, 3.05) is 0 Å². The van der Waals surface area contributed by atoms with E-state index in [-0.39, 0.29) is 0 Å². The number of benzene rings is 3. The van der Waals surface area contributed by atoms with Crippen LogP contribution in [0.5, 0.6) is 0 Å². The fourth-order valence-electron chi connectivity index (χ4n) is 3.73. The van der Waals surface area contributed by atoms with Gasteiger partial charge in [-0.05, 0) is 110 Å². The first kappa shape index (κ1) is 17.3. The molecule has 0 aliphatic heterocycles. The normalized spacial score (nSPS) is 14.7. The van der Waals surface area contributed by atoms with Crippen molar-refractivity contribution in [3.63, 3.8) is 0 Å². The number of hydrogen-bond donors (Lipinski definition) is 0. The molecular formula is C25H21I. The molecule has 0 amide bonds. The zero-order valence-corrected chi connectivity index (χ0v) is 17.1. The first-order chi connectivity index (χ1) is 12.7. The van der Waals surface area contributed by atoms with Crippen LogP contribution in [0.4, 0.5) is 0 Å². The van der Waals surface area contributed by atoms with Gasteiger partial charge in [-0.15, -0.1) is 0 Å². The second kappa shape index (κ2) is 7.24. The molecular weight excluding hydrogens is 427 g/mol. The average molecular weight is 448 g/mol. The van der Waals surface area contributed by atoms with Gasteiger partial charge in [0.05, 0.1) is 0 Å². The largest absolute Gasteiger partial charge is 0.0911 e. The average Bonchev–Trinajstić information content (AvgIpc) is 2.67. The van der Waals surface area contributed by atoms with E-state index >= 15 is 0 Å². The van der Waals surface area contributed by atoms with Crippen molar-refractivity contribution < 1.29 is 0 Å². The van der Waals surface area contributed by atoms with Gasteiger partial charge in [0, 0.05) is 3.57 Å². The second-order valence-electron chi connectivity index (χ2n) is 6.74. The Labute approximate surface area is 168 Å². The summed E-state index contributed by atoms with van der Waals surface area (Å²) in [5, 5.41) is 5.14. The third-order valence-corrected chi connectivity index (χ3v) is 5.75. The van der Waals surface area contributed by atoms with E-state index in [1.807, 2.05) is 0 Å². The van der Waals surface area contributed by atoms with E-state index in [1.165, 1.54) is 41.5 Å². The van der Waals surface area contributed by atoms with Crippen molar-refractivity contribution in [2.24, 2.45) is 0 Å². The predicted molar refractivity (Wildman–Crippen MR) is 123 cm³/mol. The van der Waals surface area contributed by atoms with Crippen molar-refractivity contribution in [2.45, 2.75) is 19.8 Å². The molecule has 1 heteroatoms. The van der Waals surface area contributed by atoms with Gasteiger partial charge in [-0.2, -0.15) is 0 Å². The van der Waals surface area contributed by atoms with Crippen LogP contribution in [0.25, 0.3) is 34.6 Å². The zero-order valence-electron chi connectivity index (χ0n) is 14.9. The monoisotopic (exact) mass is 448 g/mol. The molecule has 26 heavy (non-hydrogen) atoms. The molecule has 0 radical (unpaired) electrons. The Kier molecular flexibility index (Phi) is 4.82. The van der Waals surface area contributed by atoms with Crippen LogP contribution in [0.1, 0.15) is 30.0 Å². The molecule has 128 valence electrons. The standard InChI is InChI=1S/C25H21I/c1-3-24-22(11-8-18-6-4-5-7-25(18)24)14-17(2)19-9-10-21-16-23(26)13-12-20(21)15-19/h3-4,6,8-16H,2,5,7H2,1H3/b22-14-,24-3+. The maximum Gasteiger partial charge on any atom is 0.0136 e. The minimum absolute atomic E-state index is 1.06. The Morgan fingerprint density at radius 1 is 1.04 bits per heavy atom. The SMILES string of the molecule is C=C(/C=c1/ccc2c(/c1=C/C)CCC=C2)c1ccc2cc(I)ccc2c1. The van der Waals surface area contributed by atoms with E-state index in [0.29, 0.717) is 0 Å². The van der Waals surface area contributed by atoms with Crippen molar-refractivity contribution in [1.29, 1.82) is 0 Å². The third-order valence-electron chi connectivity index (χ3n) is 5.08. The Morgan fingerprint density at radius 3 is 2.69 bits per heavy atom. The highest BCUT2D eigenvalue weighted by Gasteiger charge is 2.06. The number of hydrogen-bond acceptors (Lipinski definition) is 0. The van der Waals surface area contributed by atoms with Gasteiger partial charge in [-0.3, -0.25) is 0 Å². The molecule has 0 saturated heterocycles. The highest BCUT2D eigenvalue weighted by Crippen LogP contribution is 2.23. The van der Waals surface area contributed by atoms with Crippen molar-refractivity contribution in [3.8, 4) is 0 Å². The van der Waals surface area contributed by atoms with E-state index in [1.54, 1.807) is 0 Å². The Hall–Kier alpha value is -2.13. The first-order valence-electron chi connectivity index (χ1n) is 9.01. The number of halogens is 1. The Bertz CT molecular complexity index is 1160. The van der Waals surface area contributed by atoms with Gasteiger partial charge < -0.3 is 0 Å². The lowest BCUT2D eigenvalue weighted by molar-refractivity contribution is 0.972. The summed E-state index contributed by atoms with van der Waals surface area (Å²) in [6.07, 6.45) is 11.2. The molecule has 0 spiro atoms. The van der Waals surface area contributed by atoms with Gasteiger partial charge in [0.1, 0.15) is 0 Å². The molecule has 0 nitrogen and oxygen atoms in total. The fraction of sp³-hybridized carbons (Fsp3) is 0.120. The molecule has 4 rings (SSSR count). The Balaban J connectivity index is 1.81. The first-order valence-corrected chi connectivity index (χ1v) is 10.1. The lowest BCUT2D eigenvalue weighted by Gasteiger charge is -2.12. The van der Waals surface area contributed by atoms with Gasteiger partial charge in [0.15, 0.2) is 0 Å². The summed E-state index contributed by atoms with van der Waals surface area (Å²) in [6, 6.07) is 17.6. The summed E-state index contributed by atoms with van der Waals surface area (Å²) in [5.41, 5.74) is 5.05. The maximum atomic E-state index is 4.35. The van der Waals surface area contributed by atoms with E-state index in [0.717, 1.165) is 18.4 Å². The molecule has 3 aromatic rings. The predicted octanol–water partition coefficient (Wildman–Crippen LogP) is 5.70. The molecule has 0 fully saturated rings. The summed E-state index contributed by atoms with van der Waals surface area (Å²) < 4.78 is 1.26. The molecule has 0 bridgehead atoms. The minimum atomic E-state index is 1.06. The molecule has 0 atom stereocenters. The van der Waals surface area contributed by atoms with Crippen LogP contribution in [0, 0.1) is 3.57 Å². The lowest BCUT2D eigenvalue weighted by Crippen LogP contribution is -2.30. The number of fused-ring (bicyclic) bond motifs is 2. The van der Waals surface area contributed by atoms with Crippen LogP contribution >= 0.6 is 22.6 Å². The van der Waals surface area contributed by atoms with Gasteiger partial charge in [-0.25, -0.2) is 0 Å². The van der Waals surface area contributed by atoms with Crippen LogP contribution in [0.15, 0.2) is 61.2 Å². The molecule has 1 aliphatic rings. The molecule has 0 N–H and O–H groups in total. The molecule has 3 aromatic carbocycles. The quantitative estimate of drug-likeness (QED) is 0.442. The highest BCUT2D eigenvalue weighted by atomic mass is 127. The van der Waals surface area contributed by atoms with Gasteiger partial charge >= 0.3 is 0 Å². The molecule has 0 saturated carbocycles. The van der Waals surface area contributed by atoms with Crippen LogP contribution in [0.3, 0.4) is 0 Å². The highest BCUT2D eigenvalue weighted by molar-refractivity contribution is 14.1. The van der Waals surface area contributed by atoms with Gasteiger partial charge in [-0.1, -0.05) is 55.1 Å². The lowest BCUT2D eigenvalue weighted by atomic mass is 9.93. The summed E-state index contributed by atoms with van der Waals surface area (Å²) in [5.74, 6) is 0. The molecule has 0 aromatic heterocycles. The van der Waals surface area contributed by atoms with Crippen molar-refractivity contribution in [1.82, 2.24) is 0 Å². The van der Waals surface area contributed by atoms with Crippen LogP contribution in [0.2, 0.25) is 0 Å². The maximum absolute atomic E-state index is 4.35. The summed E-state index contributed by atoms with van der Waals surface area (Å²) in [7, 11) is 0. The molecule has 0 heterocycles. The van der Waals surface area contributed by atoms with Crippen molar-refractivity contribution >= 4 is 57.2 Å². The van der Waals surface area contributed by atoms with E-state index in [9.17, 15) is 0 Å². The topological polar surface area (TPSA) is 0 Å². The van der Waals surface area contributed by atoms with Crippen LogP contribution in [-0.2, 0) is 6.42 Å². The van der Waals surface area contributed by atoms with Gasteiger partial charge in [0.25, 0.3) is 0 Å². The third kappa shape index (κ3) is 3.28. The number of rotatable bonds is 2. The minimum Gasteiger partial charge on any atom is -0.0911 e. The summed E-state index contributed by atoms with van der Waals surface area (Å²) in [4.78, 5) is 0. The molecule has 0 unspecified atom stereocenters. The summed E-state index contributed by atoms with van der Waals surface area (Å²) >= 11 is 2.36. The summed E-state index contributed by atoms with van der Waals surface area (Å²) in [6.45, 7) is 6.48. The fourth-order valence-corrected chi connectivity index (χ4v) is 4.24.